The normalized spacial score (nSPS) is 12.0. The molecule has 1 heterocycles. The summed E-state index contributed by atoms with van der Waals surface area (Å²) >= 11 is 0. The minimum Gasteiger partial charge on any atom is -0.395 e. The van der Waals surface area contributed by atoms with E-state index in [9.17, 15) is 0 Å². The third kappa shape index (κ3) is 3.86. The maximum absolute atomic E-state index is 9.12. The van der Waals surface area contributed by atoms with Gasteiger partial charge in [0, 0.05) is 23.1 Å². The van der Waals surface area contributed by atoms with Crippen LogP contribution in [0.3, 0.4) is 0 Å². The van der Waals surface area contributed by atoms with Gasteiger partial charge < -0.3 is 15.4 Å². The molecule has 1 aromatic heterocycles. The van der Waals surface area contributed by atoms with Gasteiger partial charge in [0.15, 0.2) is 0 Å². The molecule has 1 aromatic carbocycles. The molecule has 0 saturated heterocycles. The summed E-state index contributed by atoms with van der Waals surface area (Å²) in [6.45, 7) is 4.41. The molecule has 0 bridgehead atoms. The number of rotatable bonds is 4. The van der Waals surface area contributed by atoms with Gasteiger partial charge >= 0.3 is 0 Å². The van der Waals surface area contributed by atoms with Crippen molar-refractivity contribution in [3.8, 4) is 0 Å². The molecular weight excluding hydrogens is 224 g/mol. The van der Waals surface area contributed by atoms with Crippen molar-refractivity contribution >= 4 is 10.9 Å². The van der Waals surface area contributed by atoms with E-state index in [2.05, 4.69) is 36.3 Å². The second-order valence-electron chi connectivity index (χ2n) is 4.44. The first-order valence-electron chi connectivity index (χ1n) is 6.59. The predicted molar refractivity (Wildman–Crippen MR) is 77.9 cm³/mol. The zero-order valence-electron chi connectivity index (χ0n) is 11.5. The lowest BCUT2D eigenvalue weighted by Crippen LogP contribution is -2.31. The molecule has 2 aromatic rings. The Morgan fingerprint density at radius 2 is 1.94 bits per heavy atom. The lowest BCUT2D eigenvalue weighted by Gasteiger charge is -2.11. The summed E-state index contributed by atoms with van der Waals surface area (Å²) in [5, 5.41) is 13.5. The number of hydrogen-bond donors (Lipinski definition) is 3. The maximum atomic E-state index is 9.12. The van der Waals surface area contributed by atoms with Crippen molar-refractivity contribution in [3.63, 3.8) is 0 Å². The van der Waals surface area contributed by atoms with Crippen molar-refractivity contribution in [1.29, 1.82) is 0 Å². The molecule has 0 fully saturated rings. The van der Waals surface area contributed by atoms with Crippen molar-refractivity contribution in [3.05, 3.63) is 36.0 Å². The van der Waals surface area contributed by atoms with E-state index < -0.39 is 0 Å². The topological polar surface area (TPSA) is 48.0 Å². The van der Waals surface area contributed by atoms with Crippen LogP contribution in [0.1, 0.15) is 25.8 Å². The van der Waals surface area contributed by atoms with Gasteiger partial charge in [-0.25, -0.2) is 0 Å². The van der Waals surface area contributed by atoms with E-state index in [0.717, 1.165) is 11.9 Å². The molecule has 0 aliphatic rings. The summed E-state index contributed by atoms with van der Waals surface area (Å²) < 4.78 is 0. The van der Waals surface area contributed by atoms with Crippen LogP contribution >= 0.6 is 0 Å². The highest BCUT2D eigenvalue weighted by Gasteiger charge is 2.09. The maximum Gasteiger partial charge on any atom is 0.0587 e. The van der Waals surface area contributed by atoms with Gasteiger partial charge in [0.05, 0.1) is 6.61 Å². The lowest BCUT2D eigenvalue weighted by molar-refractivity contribution is 0.248. The number of nitrogens with one attached hydrogen (secondary N) is 2. The molecule has 0 radical (unpaired) electrons. The number of likely N-dealkylation sites (N-methyl/N-ethyl adjacent to an activating group) is 1. The van der Waals surface area contributed by atoms with Crippen LogP contribution < -0.4 is 5.32 Å². The Kier molecular flexibility index (Phi) is 6.47. The third-order valence-electron chi connectivity index (χ3n) is 2.77. The van der Waals surface area contributed by atoms with Gasteiger partial charge in [0.1, 0.15) is 0 Å². The summed E-state index contributed by atoms with van der Waals surface area (Å²) in [6, 6.07) is 8.35. The van der Waals surface area contributed by atoms with Crippen LogP contribution in [0.25, 0.3) is 10.9 Å². The first kappa shape index (κ1) is 14.7. The average Bonchev–Trinajstić information content (AvgIpc) is 2.80. The van der Waals surface area contributed by atoms with Crippen LogP contribution in [0.2, 0.25) is 0 Å². The molecular formula is C15H24N2O. The molecule has 3 N–H and O–H groups in total. The highest BCUT2D eigenvalue weighted by atomic mass is 16.3. The van der Waals surface area contributed by atoms with Gasteiger partial charge in [-0.05, 0) is 25.1 Å². The summed E-state index contributed by atoms with van der Waals surface area (Å²) in [4.78, 5) is 3.23. The van der Waals surface area contributed by atoms with E-state index in [1.165, 1.54) is 17.4 Å². The van der Waals surface area contributed by atoms with E-state index in [4.69, 9.17) is 5.11 Å². The molecule has 0 spiro atoms. The number of aromatic amines is 1. The van der Waals surface area contributed by atoms with Crippen LogP contribution in [-0.2, 0) is 6.42 Å². The molecule has 18 heavy (non-hydrogen) atoms. The molecule has 100 valence electrons. The monoisotopic (exact) mass is 248 g/mol. The molecule has 1 unspecified atom stereocenters. The van der Waals surface area contributed by atoms with Crippen LogP contribution in [0.4, 0.5) is 0 Å². The SMILES string of the molecule is CCC.CNC(CO)Cc1c[nH]c2ccccc12. The Labute approximate surface area is 109 Å². The van der Waals surface area contributed by atoms with E-state index in [-0.39, 0.29) is 12.6 Å². The second kappa shape index (κ2) is 7.90. The Morgan fingerprint density at radius 3 is 2.56 bits per heavy atom. The fourth-order valence-electron chi connectivity index (χ4n) is 1.82. The average molecular weight is 248 g/mol. The first-order chi connectivity index (χ1) is 8.76. The standard InChI is InChI=1S/C12H16N2O.C3H8/c1-13-10(8-15)6-9-7-14-12-5-3-2-4-11(9)12;1-3-2/h2-5,7,10,13-15H,6,8H2,1H3;3H2,1-2H3. The molecule has 0 saturated carbocycles. The predicted octanol–water partition coefficient (Wildman–Crippen LogP) is 2.71. The smallest absolute Gasteiger partial charge is 0.0587 e. The summed E-state index contributed by atoms with van der Waals surface area (Å²) in [5.74, 6) is 0. The van der Waals surface area contributed by atoms with Crippen molar-refractivity contribution in [1.82, 2.24) is 10.3 Å². The zero-order chi connectivity index (χ0) is 13.4. The van der Waals surface area contributed by atoms with E-state index in [1.807, 2.05) is 25.4 Å². The number of H-pyrrole nitrogens is 1. The lowest BCUT2D eigenvalue weighted by atomic mass is 10.1. The fraction of sp³-hybridized carbons (Fsp3) is 0.467. The molecule has 0 amide bonds. The van der Waals surface area contributed by atoms with Crippen LogP contribution in [0.5, 0.6) is 0 Å². The number of fused-ring (bicyclic) bond motifs is 1. The van der Waals surface area contributed by atoms with Gasteiger partial charge in [0.25, 0.3) is 0 Å². The molecule has 0 aliphatic heterocycles. The number of para-hydroxylation sites is 1. The van der Waals surface area contributed by atoms with Gasteiger partial charge in [-0.15, -0.1) is 0 Å². The van der Waals surface area contributed by atoms with E-state index in [1.54, 1.807) is 0 Å². The van der Waals surface area contributed by atoms with Crippen LogP contribution in [0, 0.1) is 0 Å². The highest BCUT2D eigenvalue weighted by molar-refractivity contribution is 5.83. The van der Waals surface area contributed by atoms with E-state index in [0.29, 0.717) is 0 Å². The molecule has 3 nitrogen and oxygen atoms in total. The molecule has 2 rings (SSSR count). The van der Waals surface area contributed by atoms with Crippen LogP contribution in [-0.4, -0.2) is 29.8 Å². The van der Waals surface area contributed by atoms with Gasteiger partial charge in [-0.2, -0.15) is 0 Å². The Balaban J connectivity index is 0.000000492. The van der Waals surface area contributed by atoms with Crippen molar-refractivity contribution in [2.75, 3.05) is 13.7 Å². The fourth-order valence-corrected chi connectivity index (χ4v) is 1.82. The second-order valence-corrected chi connectivity index (χ2v) is 4.44. The third-order valence-corrected chi connectivity index (χ3v) is 2.77. The number of hydrogen-bond acceptors (Lipinski definition) is 2. The Hall–Kier alpha value is -1.32. The van der Waals surface area contributed by atoms with Crippen molar-refractivity contribution < 1.29 is 5.11 Å². The largest absolute Gasteiger partial charge is 0.395 e. The Bertz CT molecular complexity index is 446. The number of aliphatic hydroxyl groups is 1. The number of aromatic nitrogens is 1. The van der Waals surface area contributed by atoms with Gasteiger partial charge in [-0.1, -0.05) is 38.5 Å². The highest BCUT2D eigenvalue weighted by Crippen LogP contribution is 2.18. The van der Waals surface area contributed by atoms with Crippen molar-refractivity contribution in [2.24, 2.45) is 0 Å². The Morgan fingerprint density at radius 1 is 1.28 bits per heavy atom. The van der Waals surface area contributed by atoms with Gasteiger partial charge in [-0.3, -0.25) is 0 Å². The molecule has 3 heteroatoms. The van der Waals surface area contributed by atoms with E-state index >= 15 is 0 Å². The van der Waals surface area contributed by atoms with Gasteiger partial charge in [0.2, 0.25) is 0 Å². The first-order valence-corrected chi connectivity index (χ1v) is 6.59. The zero-order valence-corrected chi connectivity index (χ0v) is 11.5. The summed E-state index contributed by atoms with van der Waals surface area (Å²) in [5.41, 5.74) is 2.40. The molecule has 0 aliphatic carbocycles. The number of benzene rings is 1. The minimum absolute atomic E-state index is 0.129. The summed E-state index contributed by atoms with van der Waals surface area (Å²) in [6.07, 6.45) is 4.11. The minimum atomic E-state index is 0.129. The summed E-state index contributed by atoms with van der Waals surface area (Å²) in [7, 11) is 1.87. The van der Waals surface area contributed by atoms with Crippen LogP contribution in [0.15, 0.2) is 30.5 Å². The quantitative estimate of drug-likeness (QED) is 0.779. The molecule has 1 atom stereocenters. The number of aliphatic hydroxyl groups excluding tert-OH is 1. The van der Waals surface area contributed by atoms with Crippen molar-refractivity contribution in [2.45, 2.75) is 32.7 Å².